The molecule has 0 heterocycles. The van der Waals surface area contributed by atoms with Gasteiger partial charge in [0.25, 0.3) is 0 Å². The highest BCUT2D eigenvalue weighted by Gasteiger charge is 2.13. The van der Waals surface area contributed by atoms with E-state index in [1.807, 2.05) is 24.3 Å². The highest BCUT2D eigenvalue weighted by molar-refractivity contribution is 7.89. The number of para-hydroxylation sites is 1. The fraction of sp³-hybridized carbons (Fsp3) is 0.200. The maximum absolute atomic E-state index is 12.2. The van der Waals surface area contributed by atoms with Crippen molar-refractivity contribution in [3.05, 3.63) is 66.7 Å². The van der Waals surface area contributed by atoms with E-state index in [9.17, 15) is 8.42 Å². The third-order valence-electron chi connectivity index (χ3n) is 3.46. The van der Waals surface area contributed by atoms with Crippen LogP contribution in [0.25, 0.3) is 0 Å². The maximum atomic E-state index is 12.2. The van der Waals surface area contributed by atoms with Crippen molar-refractivity contribution in [3.63, 3.8) is 0 Å². The van der Waals surface area contributed by atoms with E-state index < -0.39 is 10.0 Å². The molecule has 0 fully saturated rings. The number of hydrogen-bond donors (Lipinski definition) is 1. The molecule has 5 nitrogen and oxygen atoms in total. The Balaban J connectivity index is 1.88. The number of benzene rings is 2. The average molecular weight is 371 g/mol. The van der Waals surface area contributed by atoms with Gasteiger partial charge in [-0.2, -0.15) is 4.72 Å². The summed E-state index contributed by atoms with van der Waals surface area (Å²) < 4.78 is 37.5. The Morgan fingerprint density at radius 3 is 2.73 bits per heavy atom. The summed E-state index contributed by atoms with van der Waals surface area (Å²) in [5.41, 5.74) is 1.03. The summed E-state index contributed by atoms with van der Waals surface area (Å²) in [6, 6.07) is 13.9. The molecule has 0 aromatic heterocycles. The summed E-state index contributed by atoms with van der Waals surface area (Å²) in [7, 11) is -2.15. The van der Waals surface area contributed by atoms with Gasteiger partial charge in [0.15, 0.2) is 0 Å². The van der Waals surface area contributed by atoms with E-state index in [0.717, 1.165) is 11.3 Å². The quantitative estimate of drug-likeness (QED) is 0.572. The zero-order valence-corrected chi connectivity index (χ0v) is 15.4. The van der Waals surface area contributed by atoms with Crippen LogP contribution in [0.2, 0.25) is 0 Å². The predicted molar refractivity (Wildman–Crippen MR) is 102 cm³/mol. The lowest BCUT2D eigenvalue weighted by molar-refractivity contribution is 0.366. The topological polar surface area (TPSA) is 64.6 Å². The summed E-state index contributed by atoms with van der Waals surface area (Å²) in [4.78, 5) is 0.133. The first kappa shape index (κ1) is 19.6. The molecule has 0 aliphatic heterocycles. The standard InChI is InChI=1S/C20H21NO4S/c1-3-9-17-10-4-5-13-20(17)25-15-7-6-14-21-26(22,23)19-12-8-11-18(16-19)24-2/h3-5,8,10-13,16,21H,1,9,14-15H2,2H3. The van der Waals surface area contributed by atoms with Gasteiger partial charge < -0.3 is 9.47 Å². The van der Waals surface area contributed by atoms with Gasteiger partial charge >= 0.3 is 0 Å². The molecule has 2 aromatic rings. The highest BCUT2D eigenvalue weighted by atomic mass is 32.2. The predicted octanol–water partition coefficient (Wildman–Crippen LogP) is 2.78. The van der Waals surface area contributed by atoms with Crippen molar-refractivity contribution in [2.45, 2.75) is 11.3 Å². The lowest BCUT2D eigenvalue weighted by Crippen LogP contribution is -2.24. The summed E-state index contributed by atoms with van der Waals surface area (Å²) >= 11 is 0. The molecule has 6 heteroatoms. The van der Waals surface area contributed by atoms with Gasteiger partial charge in [-0.05, 0) is 30.2 Å². The summed E-state index contributed by atoms with van der Waals surface area (Å²) in [6.07, 6.45) is 2.52. The molecule has 0 amide bonds. The minimum Gasteiger partial charge on any atom is -0.497 e. The summed E-state index contributed by atoms with van der Waals surface area (Å²) in [5, 5.41) is 0. The number of ether oxygens (including phenoxy) is 2. The van der Waals surface area contributed by atoms with Crippen molar-refractivity contribution in [1.82, 2.24) is 4.72 Å². The number of sulfonamides is 1. The van der Waals surface area contributed by atoms with E-state index in [-0.39, 0.29) is 18.0 Å². The van der Waals surface area contributed by atoms with Gasteiger partial charge in [0.2, 0.25) is 10.0 Å². The van der Waals surface area contributed by atoms with E-state index in [1.165, 1.54) is 19.2 Å². The lowest BCUT2D eigenvalue weighted by atomic mass is 10.1. The minimum atomic E-state index is -3.63. The largest absolute Gasteiger partial charge is 0.497 e. The van der Waals surface area contributed by atoms with Crippen LogP contribution in [0.5, 0.6) is 11.5 Å². The molecule has 0 unspecified atom stereocenters. The Morgan fingerprint density at radius 1 is 1.15 bits per heavy atom. The molecule has 0 aliphatic carbocycles. The summed E-state index contributed by atoms with van der Waals surface area (Å²) in [5.74, 6) is 6.77. The second-order valence-corrected chi connectivity index (χ2v) is 7.01. The van der Waals surface area contributed by atoms with Crippen molar-refractivity contribution in [1.29, 1.82) is 0 Å². The van der Waals surface area contributed by atoms with Crippen LogP contribution in [0.3, 0.4) is 0 Å². The van der Waals surface area contributed by atoms with E-state index in [2.05, 4.69) is 23.1 Å². The van der Waals surface area contributed by atoms with Crippen LogP contribution < -0.4 is 14.2 Å². The van der Waals surface area contributed by atoms with Crippen LogP contribution in [0.4, 0.5) is 0 Å². The minimum absolute atomic E-state index is 0.00277. The molecule has 0 aliphatic rings. The zero-order chi connectivity index (χ0) is 18.8. The fourth-order valence-electron chi connectivity index (χ4n) is 2.18. The smallest absolute Gasteiger partial charge is 0.241 e. The first-order valence-electron chi connectivity index (χ1n) is 7.98. The number of methoxy groups -OCH3 is 1. The van der Waals surface area contributed by atoms with Crippen LogP contribution in [0.15, 0.2) is 66.1 Å². The third kappa shape index (κ3) is 5.66. The molecule has 2 aromatic carbocycles. The van der Waals surface area contributed by atoms with E-state index in [1.54, 1.807) is 18.2 Å². The summed E-state index contributed by atoms with van der Waals surface area (Å²) in [6.45, 7) is 3.89. The molecule has 136 valence electrons. The van der Waals surface area contributed by atoms with Gasteiger partial charge in [-0.1, -0.05) is 42.2 Å². The van der Waals surface area contributed by atoms with Gasteiger partial charge in [-0.3, -0.25) is 0 Å². The Bertz CT molecular complexity index is 911. The molecule has 0 saturated heterocycles. The SMILES string of the molecule is C=CCc1ccccc1OCC#CCNS(=O)(=O)c1cccc(OC)c1. The highest BCUT2D eigenvalue weighted by Crippen LogP contribution is 2.18. The number of hydrogen-bond acceptors (Lipinski definition) is 4. The molecule has 1 N–H and O–H groups in total. The van der Waals surface area contributed by atoms with Crippen LogP contribution in [0.1, 0.15) is 5.56 Å². The Labute approximate surface area is 154 Å². The maximum Gasteiger partial charge on any atom is 0.241 e. The average Bonchev–Trinajstić information content (AvgIpc) is 2.66. The van der Waals surface area contributed by atoms with Crippen molar-refractivity contribution in [3.8, 4) is 23.3 Å². The monoisotopic (exact) mass is 371 g/mol. The molecule has 0 atom stereocenters. The number of nitrogens with one attached hydrogen (secondary N) is 1. The second kappa shape index (κ2) is 9.66. The Kier molecular flexibility index (Phi) is 7.27. The number of rotatable bonds is 8. The first-order chi connectivity index (χ1) is 12.6. The van der Waals surface area contributed by atoms with Crippen LogP contribution in [-0.2, 0) is 16.4 Å². The normalized spacial score (nSPS) is 10.5. The first-order valence-corrected chi connectivity index (χ1v) is 9.46. The molecular weight excluding hydrogens is 350 g/mol. The van der Waals surface area contributed by atoms with Crippen molar-refractivity contribution in [2.24, 2.45) is 0 Å². The lowest BCUT2D eigenvalue weighted by Gasteiger charge is -2.07. The molecule has 0 saturated carbocycles. The molecule has 0 radical (unpaired) electrons. The van der Waals surface area contributed by atoms with Crippen molar-refractivity contribution < 1.29 is 17.9 Å². The molecule has 0 bridgehead atoms. The van der Waals surface area contributed by atoms with Crippen LogP contribution in [0, 0.1) is 11.8 Å². The molecule has 0 spiro atoms. The van der Waals surface area contributed by atoms with Crippen LogP contribution in [-0.4, -0.2) is 28.7 Å². The van der Waals surface area contributed by atoms with Crippen LogP contribution >= 0.6 is 0 Å². The second-order valence-electron chi connectivity index (χ2n) is 5.25. The molecular formula is C20H21NO4S. The van der Waals surface area contributed by atoms with Crippen molar-refractivity contribution in [2.75, 3.05) is 20.3 Å². The van der Waals surface area contributed by atoms with Gasteiger partial charge in [-0.15, -0.1) is 6.58 Å². The van der Waals surface area contributed by atoms with Gasteiger partial charge in [-0.25, -0.2) is 8.42 Å². The molecule has 26 heavy (non-hydrogen) atoms. The fourth-order valence-corrected chi connectivity index (χ4v) is 3.14. The Hall–Kier alpha value is -2.75. The van der Waals surface area contributed by atoms with Gasteiger partial charge in [0.05, 0.1) is 18.6 Å². The third-order valence-corrected chi connectivity index (χ3v) is 4.86. The van der Waals surface area contributed by atoms with Crippen molar-refractivity contribution >= 4 is 10.0 Å². The van der Waals surface area contributed by atoms with E-state index >= 15 is 0 Å². The van der Waals surface area contributed by atoms with Gasteiger partial charge in [0, 0.05) is 6.07 Å². The van der Waals surface area contributed by atoms with E-state index in [0.29, 0.717) is 12.2 Å². The van der Waals surface area contributed by atoms with Gasteiger partial charge in [0.1, 0.15) is 18.1 Å². The zero-order valence-electron chi connectivity index (χ0n) is 14.6. The Morgan fingerprint density at radius 2 is 1.96 bits per heavy atom. The molecule has 2 rings (SSSR count). The van der Waals surface area contributed by atoms with E-state index in [4.69, 9.17) is 9.47 Å². The number of allylic oxidation sites excluding steroid dienone is 1.